The van der Waals surface area contributed by atoms with E-state index in [4.69, 9.17) is 4.74 Å². The molecule has 1 aliphatic heterocycles. The van der Waals surface area contributed by atoms with E-state index < -0.39 is 0 Å². The van der Waals surface area contributed by atoms with Crippen molar-refractivity contribution in [3.8, 4) is 0 Å². The molecule has 106 valence electrons. The summed E-state index contributed by atoms with van der Waals surface area (Å²) in [6.07, 6.45) is 5.76. The summed E-state index contributed by atoms with van der Waals surface area (Å²) in [5.41, 5.74) is 3.17. The zero-order valence-corrected chi connectivity index (χ0v) is 12.8. The van der Waals surface area contributed by atoms with Gasteiger partial charge in [0.1, 0.15) is 11.6 Å². The number of benzene rings is 1. The lowest BCUT2D eigenvalue weighted by Crippen LogP contribution is -2.16. The second kappa shape index (κ2) is 5.41. The number of carbonyl (C=O) groups is 1. The first-order valence-electron chi connectivity index (χ1n) is 6.37. The van der Waals surface area contributed by atoms with Gasteiger partial charge in [0.25, 0.3) is 0 Å². The Morgan fingerprint density at radius 1 is 1.33 bits per heavy atom. The van der Waals surface area contributed by atoms with E-state index in [2.05, 4.69) is 20.9 Å². The highest BCUT2D eigenvalue weighted by atomic mass is 79.9. The zero-order chi connectivity index (χ0) is 15.0. The summed E-state index contributed by atoms with van der Waals surface area (Å²) < 4.78 is 18.8. The van der Waals surface area contributed by atoms with Crippen LogP contribution in [0.2, 0.25) is 0 Å². The molecule has 0 bridgehead atoms. The van der Waals surface area contributed by atoms with Crippen LogP contribution >= 0.6 is 15.9 Å². The maximum atomic E-state index is 13.2. The number of rotatable bonds is 1. The van der Waals surface area contributed by atoms with Crippen molar-refractivity contribution in [3.05, 3.63) is 63.6 Å². The van der Waals surface area contributed by atoms with Gasteiger partial charge >= 0.3 is 5.97 Å². The molecule has 3 nitrogen and oxygen atoms in total. The molecule has 1 heterocycles. The molecule has 0 amide bonds. The van der Waals surface area contributed by atoms with Crippen molar-refractivity contribution < 1.29 is 13.9 Å². The third-order valence-corrected chi connectivity index (χ3v) is 3.83. The van der Waals surface area contributed by atoms with Gasteiger partial charge in [0, 0.05) is 11.6 Å². The number of ether oxygens (including phenoxy) is 1. The summed E-state index contributed by atoms with van der Waals surface area (Å²) in [5.74, 6) is -0.0774. The number of fused-ring (bicyclic) bond motifs is 1. The Kier molecular flexibility index (Phi) is 3.59. The predicted molar refractivity (Wildman–Crippen MR) is 81.8 cm³/mol. The Bertz CT molecular complexity index is 760. The average Bonchev–Trinajstić information content (AvgIpc) is 2.42. The number of hydrogen-bond donors (Lipinski definition) is 0. The Balaban J connectivity index is 1.97. The molecule has 0 N–H and O–H groups in total. The van der Waals surface area contributed by atoms with Crippen LogP contribution < -0.4 is 0 Å². The highest BCUT2D eigenvalue weighted by molar-refractivity contribution is 9.10. The summed E-state index contributed by atoms with van der Waals surface area (Å²) in [5, 5.41) is 0. The van der Waals surface area contributed by atoms with Gasteiger partial charge in [-0.15, -0.1) is 0 Å². The molecule has 0 radical (unpaired) electrons. The second-order valence-electron chi connectivity index (χ2n) is 4.82. The molecule has 0 fully saturated rings. The van der Waals surface area contributed by atoms with Gasteiger partial charge in [-0.05, 0) is 53.2 Å². The zero-order valence-electron chi connectivity index (χ0n) is 11.2. The number of esters is 1. The summed E-state index contributed by atoms with van der Waals surface area (Å²) in [6.45, 7) is 1.91. The second-order valence-corrected chi connectivity index (χ2v) is 5.68. The number of carbonyl (C=O) groups excluding carboxylic acids is 1. The van der Waals surface area contributed by atoms with E-state index >= 15 is 0 Å². The molecule has 0 saturated heterocycles. The monoisotopic (exact) mass is 347 g/mol. The number of allylic oxidation sites excluding steroid dienone is 3. The maximum absolute atomic E-state index is 13.2. The summed E-state index contributed by atoms with van der Waals surface area (Å²) in [7, 11) is 0. The minimum atomic E-state index is -0.335. The van der Waals surface area contributed by atoms with Crippen molar-refractivity contribution in [2.24, 2.45) is 4.99 Å². The first kappa shape index (κ1) is 13.9. The largest absolute Gasteiger partial charge is 0.426 e. The van der Waals surface area contributed by atoms with Crippen LogP contribution in [-0.2, 0) is 9.53 Å². The molecule has 2 aliphatic rings. The Hall–Kier alpha value is -2.01. The van der Waals surface area contributed by atoms with Gasteiger partial charge < -0.3 is 4.74 Å². The molecule has 0 aromatic heterocycles. The van der Waals surface area contributed by atoms with Gasteiger partial charge in [-0.1, -0.05) is 5.57 Å². The first-order chi connectivity index (χ1) is 10.0. The third-order valence-electron chi connectivity index (χ3n) is 3.22. The fraction of sp³-hybridized carbons (Fsp3) is 0.125. The molecule has 21 heavy (non-hydrogen) atoms. The summed E-state index contributed by atoms with van der Waals surface area (Å²) in [4.78, 5) is 15.9. The van der Waals surface area contributed by atoms with Crippen LogP contribution in [0.15, 0.2) is 62.8 Å². The lowest BCUT2D eigenvalue weighted by Gasteiger charge is -2.20. The highest BCUT2D eigenvalue weighted by Gasteiger charge is 2.22. The normalized spacial score (nSPS) is 19.5. The smallest absolute Gasteiger partial charge is 0.315 e. The van der Waals surface area contributed by atoms with Crippen LogP contribution in [0.25, 0.3) is 0 Å². The Morgan fingerprint density at radius 2 is 2.14 bits per heavy atom. The van der Waals surface area contributed by atoms with E-state index in [1.54, 1.807) is 18.2 Å². The third kappa shape index (κ3) is 2.88. The van der Waals surface area contributed by atoms with Crippen molar-refractivity contribution in [3.63, 3.8) is 0 Å². The van der Waals surface area contributed by atoms with Crippen LogP contribution in [0, 0.1) is 5.82 Å². The van der Waals surface area contributed by atoms with E-state index in [1.807, 2.05) is 19.1 Å². The molecule has 1 aliphatic carbocycles. The minimum absolute atomic E-state index is 0.262. The minimum Gasteiger partial charge on any atom is -0.426 e. The van der Waals surface area contributed by atoms with Gasteiger partial charge in [0.15, 0.2) is 0 Å². The van der Waals surface area contributed by atoms with Gasteiger partial charge in [0.05, 0.1) is 22.3 Å². The average molecular weight is 348 g/mol. The molecule has 0 atom stereocenters. The number of hydrogen-bond acceptors (Lipinski definition) is 3. The molecule has 3 rings (SSSR count). The Labute approximate surface area is 129 Å². The van der Waals surface area contributed by atoms with E-state index in [0.29, 0.717) is 28.1 Å². The number of halogens is 2. The highest BCUT2D eigenvalue weighted by Crippen LogP contribution is 2.29. The quantitative estimate of drug-likeness (QED) is 0.707. The number of nitrogens with zero attached hydrogens (tertiary/aromatic N) is 1. The molecule has 0 spiro atoms. The summed E-state index contributed by atoms with van der Waals surface area (Å²) >= 11 is 3.13. The number of aliphatic imine (C=N–C) groups is 1. The fourth-order valence-electron chi connectivity index (χ4n) is 2.19. The van der Waals surface area contributed by atoms with Crippen LogP contribution in [-0.4, -0.2) is 11.7 Å². The van der Waals surface area contributed by atoms with Crippen molar-refractivity contribution in [2.45, 2.75) is 13.3 Å². The van der Waals surface area contributed by atoms with E-state index in [-0.39, 0.29) is 11.8 Å². The molecule has 0 unspecified atom stereocenters. The van der Waals surface area contributed by atoms with Crippen molar-refractivity contribution in [2.75, 3.05) is 0 Å². The standard InChI is InChI=1S/C16H11BrFNO2/c1-9-6-16(20)21-15-8-11(2-4-12(9)15)19-10-3-5-14(18)13(17)7-10/h2-5,7-8H,6H2,1H3. The molecular weight excluding hydrogens is 337 g/mol. The summed E-state index contributed by atoms with van der Waals surface area (Å²) in [6, 6.07) is 4.53. The van der Waals surface area contributed by atoms with Gasteiger partial charge in [-0.2, -0.15) is 0 Å². The van der Waals surface area contributed by atoms with E-state index in [0.717, 1.165) is 11.1 Å². The Morgan fingerprint density at radius 3 is 2.90 bits per heavy atom. The van der Waals surface area contributed by atoms with E-state index in [9.17, 15) is 9.18 Å². The van der Waals surface area contributed by atoms with Gasteiger partial charge in [-0.3, -0.25) is 4.79 Å². The first-order valence-corrected chi connectivity index (χ1v) is 7.16. The van der Waals surface area contributed by atoms with Gasteiger partial charge in [-0.25, -0.2) is 9.38 Å². The molecule has 1 aromatic rings. The van der Waals surface area contributed by atoms with Crippen LogP contribution in [0.1, 0.15) is 13.3 Å². The molecule has 5 heteroatoms. The van der Waals surface area contributed by atoms with Crippen molar-refractivity contribution in [1.82, 2.24) is 0 Å². The molecular formula is C16H11BrFNO2. The fourth-order valence-corrected chi connectivity index (χ4v) is 2.56. The van der Waals surface area contributed by atoms with Crippen molar-refractivity contribution >= 4 is 33.3 Å². The SMILES string of the molecule is CC1=C2C=CC(=Nc3ccc(F)c(Br)c3)C=C2OC(=O)C1. The maximum Gasteiger partial charge on any atom is 0.315 e. The van der Waals surface area contributed by atoms with Crippen LogP contribution in [0.3, 0.4) is 0 Å². The van der Waals surface area contributed by atoms with Gasteiger partial charge in [0.2, 0.25) is 0 Å². The molecule has 1 aromatic carbocycles. The lowest BCUT2D eigenvalue weighted by atomic mass is 9.97. The van der Waals surface area contributed by atoms with E-state index in [1.165, 1.54) is 6.07 Å². The lowest BCUT2D eigenvalue weighted by molar-refractivity contribution is -0.138. The van der Waals surface area contributed by atoms with Crippen molar-refractivity contribution in [1.29, 1.82) is 0 Å². The van der Waals surface area contributed by atoms with Crippen LogP contribution in [0.4, 0.5) is 10.1 Å². The topological polar surface area (TPSA) is 38.7 Å². The molecule has 0 saturated carbocycles. The predicted octanol–water partition coefficient (Wildman–Crippen LogP) is 4.38. The van der Waals surface area contributed by atoms with Crippen LogP contribution in [0.5, 0.6) is 0 Å².